The van der Waals surface area contributed by atoms with Crippen LogP contribution in [0.5, 0.6) is 0 Å². The Bertz CT molecular complexity index is 681. The molecule has 0 aliphatic heterocycles. The van der Waals surface area contributed by atoms with Gasteiger partial charge in [-0.15, -0.1) is 6.58 Å². The number of nitrogens with two attached hydrogens (primary N) is 1. The average molecular weight is 291 g/mol. The molecule has 1 heterocycles. The first-order valence-corrected chi connectivity index (χ1v) is 6.63. The van der Waals surface area contributed by atoms with Gasteiger partial charge in [-0.3, -0.25) is 4.79 Å². The van der Waals surface area contributed by atoms with E-state index in [4.69, 9.17) is 10.8 Å². The first kappa shape index (κ1) is 14.0. The van der Waals surface area contributed by atoms with E-state index in [2.05, 4.69) is 16.9 Å². The number of carbonyl (C=O) groups is 2. The zero-order chi connectivity index (χ0) is 14.7. The first-order valence-electron chi connectivity index (χ1n) is 5.82. The molecule has 1 aromatic carbocycles. The lowest BCUT2D eigenvalue weighted by molar-refractivity contribution is -0.139. The highest BCUT2D eigenvalue weighted by Gasteiger charge is 2.19. The van der Waals surface area contributed by atoms with Gasteiger partial charge in [0, 0.05) is 5.56 Å². The van der Waals surface area contributed by atoms with Crippen LogP contribution in [-0.4, -0.2) is 28.0 Å². The molecule has 0 aliphatic rings. The van der Waals surface area contributed by atoms with Crippen molar-refractivity contribution in [2.45, 2.75) is 12.5 Å². The molecule has 2 rings (SSSR count). The highest BCUT2D eigenvalue weighted by atomic mass is 32.1. The van der Waals surface area contributed by atoms with Gasteiger partial charge in [0.15, 0.2) is 5.13 Å². The minimum Gasteiger partial charge on any atom is -0.480 e. The second-order valence-corrected chi connectivity index (χ2v) is 5.19. The number of rotatable bonds is 5. The molecule has 6 nitrogen and oxygen atoms in total. The molecule has 1 aromatic heterocycles. The quantitative estimate of drug-likeness (QED) is 0.726. The van der Waals surface area contributed by atoms with Crippen LogP contribution in [0.2, 0.25) is 0 Å². The summed E-state index contributed by atoms with van der Waals surface area (Å²) < 4.78 is 0.783. The number of nitrogen functional groups attached to an aromatic ring is 1. The van der Waals surface area contributed by atoms with Gasteiger partial charge >= 0.3 is 5.97 Å². The molecule has 0 bridgehead atoms. The van der Waals surface area contributed by atoms with Crippen LogP contribution in [0.1, 0.15) is 16.8 Å². The second kappa shape index (κ2) is 5.70. The molecule has 0 aliphatic carbocycles. The number of amides is 1. The minimum atomic E-state index is -1.10. The average Bonchev–Trinajstić information content (AvgIpc) is 2.76. The molecule has 4 N–H and O–H groups in total. The van der Waals surface area contributed by atoms with Crippen molar-refractivity contribution in [1.82, 2.24) is 10.3 Å². The van der Waals surface area contributed by atoms with Crippen LogP contribution >= 0.6 is 11.3 Å². The minimum absolute atomic E-state index is 0.164. The Morgan fingerprint density at radius 1 is 1.55 bits per heavy atom. The number of aliphatic carboxylic acids is 1. The molecule has 7 heteroatoms. The normalized spacial score (nSPS) is 12.0. The Kier molecular flexibility index (Phi) is 3.99. The number of fused-ring (bicyclic) bond motifs is 1. The number of nitrogens with zero attached hydrogens (tertiary/aromatic N) is 1. The van der Waals surface area contributed by atoms with Crippen LogP contribution in [0, 0.1) is 0 Å². The summed E-state index contributed by atoms with van der Waals surface area (Å²) in [7, 11) is 0. The number of carboxylic acid groups (broad SMARTS) is 1. The Morgan fingerprint density at radius 2 is 2.30 bits per heavy atom. The summed E-state index contributed by atoms with van der Waals surface area (Å²) in [6.45, 7) is 3.47. The van der Waals surface area contributed by atoms with Crippen LogP contribution < -0.4 is 11.1 Å². The molecule has 1 amide bonds. The second-order valence-electron chi connectivity index (χ2n) is 4.12. The third-order valence-corrected chi connectivity index (χ3v) is 3.52. The van der Waals surface area contributed by atoms with Crippen LogP contribution in [0.3, 0.4) is 0 Å². The number of aromatic nitrogens is 1. The van der Waals surface area contributed by atoms with E-state index in [9.17, 15) is 9.59 Å². The molecule has 0 fully saturated rings. The Labute approximate surface area is 118 Å². The SMILES string of the molecule is C=CCC(NC(=O)c1ccc2nc(N)sc2c1)C(=O)O. The van der Waals surface area contributed by atoms with Crippen LogP contribution in [0.15, 0.2) is 30.9 Å². The third-order valence-electron chi connectivity index (χ3n) is 2.67. The van der Waals surface area contributed by atoms with Crippen molar-refractivity contribution in [2.75, 3.05) is 5.73 Å². The number of thiazole rings is 1. The Balaban J connectivity index is 2.21. The van der Waals surface area contributed by atoms with Crippen molar-refractivity contribution in [3.8, 4) is 0 Å². The lowest BCUT2D eigenvalue weighted by Crippen LogP contribution is -2.40. The maximum absolute atomic E-state index is 12.0. The van der Waals surface area contributed by atoms with Crippen molar-refractivity contribution in [1.29, 1.82) is 0 Å². The number of carboxylic acids is 1. The fraction of sp³-hybridized carbons (Fsp3) is 0.154. The first-order chi connectivity index (χ1) is 9.51. The van der Waals surface area contributed by atoms with E-state index in [1.165, 1.54) is 17.4 Å². The van der Waals surface area contributed by atoms with Gasteiger partial charge < -0.3 is 16.2 Å². The van der Waals surface area contributed by atoms with E-state index in [0.29, 0.717) is 16.2 Å². The smallest absolute Gasteiger partial charge is 0.326 e. The number of hydrogen-bond acceptors (Lipinski definition) is 5. The zero-order valence-corrected chi connectivity index (χ0v) is 11.3. The van der Waals surface area contributed by atoms with Crippen molar-refractivity contribution < 1.29 is 14.7 Å². The molecular formula is C13H13N3O3S. The van der Waals surface area contributed by atoms with E-state index in [-0.39, 0.29) is 6.42 Å². The van der Waals surface area contributed by atoms with Gasteiger partial charge in [0.05, 0.1) is 10.2 Å². The number of nitrogens with one attached hydrogen (secondary N) is 1. The lowest BCUT2D eigenvalue weighted by atomic mass is 10.1. The molecule has 0 spiro atoms. The van der Waals surface area contributed by atoms with Crippen molar-refractivity contribution >= 4 is 38.6 Å². The van der Waals surface area contributed by atoms with E-state index in [1.54, 1.807) is 18.2 Å². The maximum Gasteiger partial charge on any atom is 0.326 e. The molecule has 104 valence electrons. The van der Waals surface area contributed by atoms with E-state index in [1.807, 2.05) is 0 Å². The van der Waals surface area contributed by atoms with Gasteiger partial charge in [-0.2, -0.15) is 0 Å². The molecule has 0 radical (unpaired) electrons. The summed E-state index contributed by atoms with van der Waals surface area (Å²) >= 11 is 1.27. The highest BCUT2D eigenvalue weighted by Crippen LogP contribution is 2.24. The predicted octanol–water partition coefficient (Wildman–Crippen LogP) is 1.64. The summed E-state index contributed by atoms with van der Waals surface area (Å²) in [6, 6.07) is 3.93. The molecule has 0 saturated heterocycles. The van der Waals surface area contributed by atoms with Gasteiger partial charge in [-0.25, -0.2) is 9.78 Å². The van der Waals surface area contributed by atoms with Gasteiger partial charge in [0.25, 0.3) is 5.91 Å². The third kappa shape index (κ3) is 2.94. The molecule has 0 saturated carbocycles. The largest absolute Gasteiger partial charge is 0.480 e. The Hall–Kier alpha value is -2.41. The molecule has 2 aromatic rings. The maximum atomic E-state index is 12.0. The van der Waals surface area contributed by atoms with Gasteiger partial charge in [0.2, 0.25) is 0 Å². The lowest BCUT2D eigenvalue weighted by Gasteiger charge is -2.12. The van der Waals surface area contributed by atoms with Gasteiger partial charge in [-0.05, 0) is 24.6 Å². The molecule has 1 unspecified atom stereocenters. The monoisotopic (exact) mass is 291 g/mol. The number of hydrogen-bond donors (Lipinski definition) is 3. The van der Waals surface area contributed by atoms with Crippen LogP contribution in [0.25, 0.3) is 10.2 Å². The summed E-state index contributed by atoms with van der Waals surface area (Å²) in [6.07, 6.45) is 1.61. The topological polar surface area (TPSA) is 105 Å². The fourth-order valence-electron chi connectivity index (χ4n) is 1.71. The highest BCUT2D eigenvalue weighted by molar-refractivity contribution is 7.22. The predicted molar refractivity (Wildman–Crippen MR) is 77.7 cm³/mol. The van der Waals surface area contributed by atoms with Gasteiger partial charge in [-0.1, -0.05) is 17.4 Å². The standard InChI is InChI=1S/C13H13N3O3S/c1-2-3-9(12(18)19)15-11(17)7-4-5-8-10(6-7)20-13(14)16-8/h2,4-6,9H,1,3H2,(H2,14,16)(H,15,17)(H,18,19). The summed E-state index contributed by atoms with van der Waals surface area (Å²) in [5, 5.41) is 11.9. The number of anilines is 1. The van der Waals surface area contributed by atoms with Crippen molar-refractivity contribution in [2.24, 2.45) is 0 Å². The van der Waals surface area contributed by atoms with E-state index in [0.717, 1.165) is 4.70 Å². The van der Waals surface area contributed by atoms with E-state index >= 15 is 0 Å². The number of carbonyl (C=O) groups excluding carboxylic acids is 1. The van der Waals surface area contributed by atoms with Gasteiger partial charge in [0.1, 0.15) is 6.04 Å². The van der Waals surface area contributed by atoms with E-state index < -0.39 is 17.9 Å². The fourth-order valence-corrected chi connectivity index (χ4v) is 2.49. The van der Waals surface area contributed by atoms with Crippen LogP contribution in [0.4, 0.5) is 5.13 Å². The summed E-state index contributed by atoms with van der Waals surface area (Å²) in [4.78, 5) is 27.1. The summed E-state index contributed by atoms with van der Waals surface area (Å²) in [5.41, 5.74) is 6.68. The van der Waals surface area contributed by atoms with Crippen molar-refractivity contribution in [3.63, 3.8) is 0 Å². The van der Waals surface area contributed by atoms with Crippen LogP contribution in [-0.2, 0) is 4.79 Å². The Morgan fingerprint density at radius 3 is 2.95 bits per heavy atom. The molecule has 1 atom stereocenters. The number of benzene rings is 1. The molecule has 20 heavy (non-hydrogen) atoms. The molecular weight excluding hydrogens is 278 g/mol. The van der Waals surface area contributed by atoms with Crippen molar-refractivity contribution in [3.05, 3.63) is 36.4 Å². The summed E-state index contributed by atoms with van der Waals surface area (Å²) in [5.74, 6) is -1.55. The zero-order valence-electron chi connectivity index (χ0n) is 10.5.